The average Bonchev–Trinajstić information content (AvgIpc) is 3.12. The van der Waals surface area contributed by atoms with Crippen molar-refractivity contribution in [2.75, 3.05) is 5.32 Å². The van der Waals surface area contributed by atoms with Crippen molar-refractivity contribution < 1.29 is 14.7 Å². The first-order valence-electron chi connectivity index (χ1n) is 9.13. The van der Waals surface area contributed by atoms with Gasteiger partial charge in [0.1, 0.15) is 0 Å². The molecule has 0 spiro atoms. The number of carbonyl (C=O) groups excluding carboxylic acids is 1. The van der Waals surface area contributed by atoms with Crippen LogP contribution in [0.25, 0.3) is 11.4 Å². The van der Waals surface area contributed by atoms with Gasteiger partial charge in [0.05, 0.1) is 17.6 Å². The van der Waals surface area contributed by atoms with E-state index in [0.717, 1.165) is 5.56 Å². The van der Waals surface area contributed by atoms with E-state index in [1.54, 1.807) is 10.7 Å². The Balaban J connectivity index is 1.67. The van der Waals surface area contributed by atoms with E-state index in [1.807, 2.05) is 32.0 Å². The average molecular weight is 372 g/mol. The summed E-state index contributed by atoms with van der Waals surface area (Å²) in [5.41, 5.74) is 1.35. The molecular weight excluding hydrogens is 348 g/mol. The van der Waals surface area contributed by atoms with Crippen molar-refractivity contribution in [2.45, 2.75) is 51.6 Å². The van der Waals surface area contributed by atoms with Crippen LogP contribution in [-0.4, -0.2) is 43.4 Å². The summed E-state index contributed by atoms with van der Waals surface area (Å²) in [5.74, 6) is -0.473. The van der Waals surface area contributed by atoms with Crippen molar-refractivity contribution in [2.24, 2.45) is 5.92 Å². The molecule has 2 aromatic rings. The second-order valence-electron chi connectivity index (χ2n) is 7.07. The normalized spacial score (nSPS) is 19.7. The van der Waals surface area contributed by atoms with Gasteiger partial charge in [-0.15, -0.1) is 5.10 Å². The van der Waals surface area contributed by atoms with Gasteiger partial charge in [-0.25, -0.2) is 9.48 Å². The highest BCUT2D eigenvalue weighted by Gasteiger charge is 2.27. The number of nitrogens with zero attached hydrogens (tertiary/aromatic N) is 4. The van der Waals surface area contributed by atoms with Gasteiger partial charge < -0.3 is 15.7 Å². The predicted octanol–water partition coefficient (Wildman–Crippen LogP) is 2.69. The van der Waals surface area contributed by atoms with Crippen molar-refractivity contribution >= 4 is 17.7 Å². The molecular formula is C18H24N6O3. The fourth-order valence-electron chi connectivity index (χ4n) is 3.33. The number of tetrazole rings is 1. The summed E-state index contributed by atoms with van der Waals surface area (Å²) in [6.07, 6.45) is 2.50. The van der Waals surface area contributed by atoms with E-state index in [2.05, 4.69) is 26.2 Å². The van der Waals surface area contributed by atoms with Crippen molar-refractivity contribution in [3.8, 4) is 11.4 Å². The zero-order chi connectivity index (χ0) is 19.4. The lowest BCUT2D eigenvalue weighted by Gasteiger charge is -2.27. The minimum atomic E-state index is -0.755. The number of urea groups is 1. The number of hydrogen-bond acceptors (Lipinski definition) is 5. The molecule has 0 unspecified atom stereocenters. The van der Waals surface area contributed by atoms with E-state index in [-0.39, 0.29) is 24.0 Å². The van der Waals surface area contributed by atoms with Crippen LogP contribution in [0.15, 0.2) is 24.3 Å². The molecule has 9 heteroatoms. The smallest absolute Gasteiger partial charge is 0.319 e. The van der Waals surface area contributed by atoms with Crippen LogP contribution in [0.3, 0.4) is 0 Å². The zero-order valence-electron chi connectivity index (χ0n) is 15.4. The summed E-state index contributed by atoms with van der Waals surface area (Å²) in [7, 11) is 0. The number of para-hydroxylation sites is 1. The Morgan fingerprint density at radius 1 is 1.19 bits per heavy atom. The number of benzene rings is 1. The lowest BCUT2D eigenvalue weighted by Crippen LogP contribution is -2.41. The molecule has 9 nitrogen and oxygen atoms in total. The van der Waals surface area contributed by atoms with E-state index in [0.29, 0.717) is 37.2 Å². The molecule has 0 atom stereocenters. The number of amides is 2. The minimum Gasteiger partial charge on any atom is -0.481 e. The lowest BCUT2D eigenvalue weighted by atomic mass is 9.86. The molecule has 2 amide bonds. The van der Waals surface area contributed by atoms with E-state index in [1.165, 1.54) is 0 Å². The van der Waals surface area contributed by atoms with Crippen LogP contribution in [0.2, 0.25) is 0 Å². The standard InChI is InChI=1S/C18H24N6O3/c1-11(2)24-16(21-22-23-24)14-5-3-4-6-15(14)20-18(27)19-13-9-7-12(8-10-13)17(25)26/h3-6,11-13H,7-10H2,1-2H3,(H,25,26)(H2,19,20,27). The number of nitrogens with one attached hydrogen (secondary N) is 2. The topological polar surface area (TPSA) is 122 Å². The summed E-state index contributed by atoms with van der Waals surface area (Å²) in [4.78, 5) is 23.5. The molecule has 0 radical (unpaired) electrons. The highest BCUT2D eigenvalue weighted by atomic mass is 16.4. The van der Waals surface area contributed by atoms with Crippen LogP contribution in [-0.2, 0) is 4.79 Å². The van der Waals surface area contributed by atoms with Gasteiger partial charge in [0.2, 0.25) is 0 Å². The van der Waals surface area contributed by atoms with Gasteiger partial charge in [0.15, 0.2) is 5.82 Å². The third-order valence-electron chi connectivity index (χ3n) is 4.81. The highest BCUT2D eigenvalue weighted by molar-refractivity contribution is 5.93. The monoisotopic (exact) mass is 372 g/mol. The lowest BCUT2D eigenvalue weighted by molar-refractivity contribution is -0.142. The molecule has 0 aliphatic heterocycles. The summed E-state index contributed by atoms with van der Waals surface area (Å²) < 4.78 is 1.70. The number of carbonyl (C=O) groups is 2. The number of aliphatic carboxylic acids is 1. The second kappa shape index (κ2) is 8.15. The van der Waals surface area contributed by atoms with Gasteiger partial charge in [0, 0.05) is 11.6 Å². The fourth-order valence-corrected chi connectivity index (χ4v) is 3.33. The Morgan fingerprint density at radius 2 is 1.89 bits per heavy atom. The molecule has 3 N–H and O–H groups in total. The quantitative estimate of drug-likeness (QED) is 0.742. The fraction of sp³-hybridized carbons (Fsp3) is 0.500. The molecule has 1 fully saturated rings. The molecule has 1 saturated carbocycles. The molecule has 1 heterocycles. The Kier molecular flexibility index (Phi) is 5.68. The molecule has 3 rings (SSSR count). The van der Waals surface area contributed by atoms with E-state index in [9.17, 15) is 9.59 Å². The third-order valence-corrected chi connectivity index (χ3v) is 4.81. The molecule has 1 aliphatic carbocycles. The van der Waals surface area contributed by atoms with Crippen molar-refractivity contribution in [3.63, 3.8) is 0 Å². The summed E-state index contributed by atoms with van der Waals surface area (Å²) in [6.45, 7) is 3.96. The largest absolute Gasteiger partial charge is 0.481 e. The first-order chi connectivity index (χ1) is 13.0. The van der Waals surface area contributed by atoms with Crippen LogP contribution >= 0.6 is 0 Å². The van der Waals surface area contributed by atoms with Crippen molar-refractivity contribution in [3.05, 3.63) is 24.3 Å². The van der Waals surface area contributed by atoms with Gasteiger partial charge in [0.25, 0.3) is 0 Å². The number of rotatable bonds is 5. The van der Waals surface area contributed by atoms with Gasteiger partial charge in [-0.05, 0) is 62.1 Å². The number of carboxylic acids is 1. The first-order valence-corrected chi connectivity index (χ1v) is 9.13. The Labute approximate surface area is 157 Å². The molecule has 1 aromatic heterocycles. The van der Waals surface area contributed by atoms with Crippen LogP contribution in [0.4, 0.5) is 10.5 Å². The van der Waals surface area contributed by atoms with Crippen LogP contribution in [0.5, 0.6) is 0 Å². The maximum Gasteiger partial charge on any atom is 0.319 e. The van der Waals surface area contributed by atoms with Crippen LogP contribution in [0, 0.1) is 5.92 Å². The minimum absolute atomic E-state index is 0.0197. The molecule has 0 saturated heterocycles. The van der Waals surface area contributed by atoms with Gasteiger partial charge in [-0.3, -0.25) is 4.79 Å². The maximum atomic E-state index is 12.4. The third kappa shape index (κ3) is 4.42. The molecule has 1 aliphatic rings. The zero-order valence-corrected chi connectivity index (χ0v) is 15.4. The number of anilines is 1. The summed E-state index contributed by atoms with van der Waals surface area (Å²) in [6, 6.07) is 7.11. The van der Waals surface area contributed by atoms with E-state index in [4.69, 9.17) is 5.11 Å². The molecule has 0 bridgehead atoms. The predicted molar refractivity (Wildman–Crippen MR) is 99.2 cm³/mol. The second-order valence-corrected chi connectivity index (χ2v) is 7.07. The maximum absolute atomic E-state index is 12.4. The van der Waals surface area contributed by atoms with Crippen molar-refractivity contribution in [1.29, 1.82) is 0 Å². The molecule has 144 valence electrons. The molecule has 27 heavy (non-hydrogen) atoms. The summed E-state index contributed by atoms with van der Waals surface area (Å²) >= 11 is 0. The number of aromatic nitrogens is 4. The SMILES string of the molecule is CC(C)n1nnnc1-c1ccccc1NC(=O)NC1CCC(C(=O)O)CC1. The van der Waals surface area contributed by atoms with Crippen LogP contribution in [0.1, 0.15) is 45.6 Å². The van der Waals surface area contributed by atoms with Gasteiger partial charge >= 0.3 is 12.0 Å². The van der Waals surface area contributed by atoms with E-state index < -0.39 is 5.97 Å². The van der Waals surface area contributed by atoms with E-state index >= 15 is 0 Å². The number of hydrogen-bond donors (Lipinski definition) is 3. The first kappa shape index (κ1) is 18.8. The Hall–Kier alpha value is -2.97. The van der Waals surface area contributed by atoms with Gasteiger partial charge in [-0.2, -0.15) is 0 Å². The Morgan fingerprint density at radius 3 is 2.56 bits per heavy atom. The highest BCUT2D eigenvalue weighted by Crippen LogP contribution is 2.28. The van der Waals surface area contributed by atoms with Crippen LogP contribution < -0.4 is 10.6 Å². The van der Waals surface area contributed by atoms with Gasteiger partial charge in [-0.1, -0.05) is 12.1 Å². The molecule has 1 aromatic carbocycles. The number of carboxylic acid groups (broad SMARTS) is 1. The Bertz CT molecular complexity index is 811. The summed E-state index contributed by atoms with van der Waals surface area (Å²) in [5, 5.41) is 26.7. The van der Waals surface area contributed by atoms with Crippen molar-refractivity contribution in [1.82, 2.24) is 25.5 Å².